The van der Waals surface area contributed by atoms with Gasteiger partial charge in [-0.1, -0.05) is 26.0 Å². The van der Waals surface area contributed by atoms with Gasteiger partial charge in [-0.15, -0.1) is 0 Å². The van der Waals surface area contributed by atoms with Gasteiger partial charge in [0.1, 0.15) is 6.54 Å². The molecule has 0 aromatic heterocycles. The van der Waals surface area contributed by atoms with Gasteiger partial charge < -0.3 is 5.32 Å². The van der Waals surface area contributed by atoms with Crippen LogP contribution in [-0.4, -0.2) is 46.6 Å². The number of nitrogens with zero attached hydrogens (tertiary/aromatic N) is 2. The van der Waals surface area contributed by atoms with Crippen molar-refractivity contribution in [1.82, 2.24) is 9.80 Å². The normalized spacial score (nSPS) is 14.9. The van der Waals surface area contributed by atoms with Crippen LogP contribution in [0.15, 0.2) is 28.7 Å². The van der Waals surface area contributed by atoms with Gasteiger partial charge in [0.15, 0.2) is 0 Å². The van der Waals surface area contributed by atoms with Crippen molar-refractivity contribution in [2.75, 3.05) is 18.4 Å². The highest BCUT2D eigenvalue weighted by Crippen LogP contribution is 2.21. The average molecular weight is 382 g/mol. The highest BCUT2D eigenvalue weighted by molar-refractivity contribution is 9.10. The van der Waals surface area contributed by atoms with E-state index in [0.717, 1.165) is 4.90 Å². The van der Waals surface area contributed by atoms with Crippen LogP contribution in [0.3, 0.4) is 0 Å². The molecule has 0 atom stereocenters. The molecule has 1 aliphatic rings. The third-order valence-electron chi connectivity index (χ3n) is 3.13. The van der Waals surface area contributed by atoms with E-state index in [0.29, 0.717) is 15.1 Å². The summed E-state index contributed by atoms with van der Waals surface area (Å²) >= 11 is 3.28. The lowest BCUT2D eigenvalue weighted by molar-refractivity contribution is -0.143. The van der Waals surface area contributed by atoms with Crippen molar-refractivity contribution >= 4 is 45.4 Å². The topological polar surface area (TPSA) is 86.8 Å². The van der Waals surface area contributed by atoms with Gasteiger partial charge in [-0.3, -0.25) is 19.3 Å². The number of urea groups is 1. The predicted octanol–water partition coefficient (Wildman–Crippen LogP) is 1.83. The number of halogens is 1. The number of para-hydroxylation sites is 1. The summed E-state index contributed by atoms with van der Waals surface area (Å²) in [6.07, 6.45) is 0. The molecule has 5 amide bonds. The summed E-state index contributed by atoms with van der Waals surface area (Å²) in [5.41, 5.74) is 0.516. The minimum Gasteiger partial charge on any atom is -0.323 e. The van der Waals surface area contributed by atoms with Crippen LogP contribution in [0.1, 0.15) is 13.8 Å². The molecule has 23 heavy (non-hydrogen) atoms. The highest BCUT2D eigenvalue weighted by atomic mass is 79.9. The number of anilines is 1. The van der Waals surface area contributed by atoms with E-state index in [1.54, 1.807) is 24.3 Å². The molecule has 1 aromatic rings. The van der Waals surface area contributed by atoms with Crippen LogP contribution in [0.4, 0.5) is 10.5 Å². The fraction of sp³-hybridized carbons (Fsp3) is 0.333. The lowest BCUT2D eigenvalue weighted by Gasteiger charge is -2.17. The maximum absolute atomic E-state index is 12.1. The largest absolute Gasteiger partial charge is 0.334 e. The zero-order valence-corrected chi connectivity index (χ0v) is 14.3. The molecule has 1 aliphatic heterocycles. The van der Waals surface area contributed by atoms with Gasteiger partial charge in [-0.25, -0.2) is 9.69 Å². The van der Waals surface area contributed by atoms with E-state index in [-0.39, 0.29) is 12.5 Å². The summed E-state index contributed by atoms with van der Waals surface area (Å²) in [5.74, 6) is -2.39. The molecule has 122 valence electrons. The molecule has 8 heteroatoms. The number of hydrogen-bond acceptors (Lipinski definition) is 4. The van der Waals surface area contributed by atoms with E-state index >= 15 is 0 Å². The molecule has 1 heterocycles. The quantitative estimate of drug-likeness (QED) is 0.622. The van der Waals surface area contributed by atoms with E-state index in [9.17, 15) is 19.2 Å². The van der Waals surface area contributed by atoms with Crippen LogP contribution < -0.4 is 5.32 Å². The molecule has 1 N–H and O–H groups in total. The molecule has 1 saturated heterocycles. The maximum Gasteiger partial charge on any atom is 0.334 e. The lowest BCUT2D eigenvalue weighted by Crippen LogP contribution is -2.39. The summed E-state index contributed by atoms with van der Waals surface area (Å²) in [7, 11) is 0. The van der Waals surface area contributed by atoms with Crippen molar-refractivity contribution < 1.29 is 19.2 Å². The van der Waals surface area contributed by atoms with Crippen LogP contribution in [0.5, 0.6) is 0 Å². The molecule has 0 bridgehead atoms. The molecule has 1 fully saturated rings. The summed E-state index contributed by atoms with van der Waals surface area (Å²) in [6.45, 7) is 3.30. The second kappa shape index (κ2) is 6.91. The Bertz CT molecular complexity index is 674. The number of rotatable bonds is 5. The van der Waals surface area contributed by atoms with Crippen LogP contribution in [0, 0.1) is 5.92 Å². The first-order valence-corrected chi connectivity index (χ1v) is 7.82. The predicted molar refractivity (Wildman–Crippen MR) is 86.4 cm³/mol. The van der Waals surface area contributed by atoms with Crippen molar-refractivity contribution in [3.05, 3.63) is 28.7 Å². The number of amides is 5. The number of carbonyl (C=O) groups is 4. The molecular weight excluding hydrogens is 366 g/mol. The van der Waals surface area contributed by atoms with Gasteiger partial charge in [0, 0.05) is 11.0 Å². The van der Waals surface area contributed by atoms with Crippen molar-refractivity contribution in [2.45, 2.75) is 13.8 Å². The molecule has 0 saturated carbocycles. The van der Waals surface area contributed by atoms with Crippen LogP contribution in [0.2, 0.25) is 0 Å². The second-order valence-electron chi connectivity index (χ2n) is 5.51. The SMILES string of the molecule is CC(C)CN1C(=O)C(=O)N(CC(=O)Nc2ccccc2Br)C1=O. The minimum absolute atomic E-state index is 0.0322. The van der Waals surface area contributed by atoms with Gasteiger partial charge in [-0.05, 0) is 34.0 Å². The first kappa shape index (κ1) is 17.1. The van der Waals surface area contributed by atoms with Crippen molar-refractivity contribution in [3.8, 4) is 0 Å². The molecule has 1 aromatic carbocycles. The van der Waals surface area contributed by atoms with E-state index in [1.165, 1.54) is 0 Å². The molecular formula is C15H16BrN3O4. The summed E-state index contributed by atoms with van der Waals surface area (Å²) in [4.78, 5) is 49.4. The van der Waals surface area contributed by atoms with Gasteiger partial charge in [-0.2, -0.15) is 0 Å². The van der Waals surface area contributed by atoms with Gasteiger partial charge in [0.25, 0.3) is 0 Å². The van der Waals surface area contributed by atoms with E-state index in [4.69, 9.17) is 0 Å². The molecule has 0 unspecified atom stereocenters. The molecule has 2 rings (SSSR count). The van der Waals surface area contributed by atoms with Gasteiger partial charge >= 0.3 is 17.8 Å². The Kier molecular flexibility index (Phi) is 5.15. The van der Waals surface area contributed by atoms with E-state index in [2.05, 4.69) is 21.2 Å². The van der Waals surface area contributed by atoms with E-state index in [1.807, 2.05) is 13.8 Å². The van der Waals surface area contributed by atoms with Crippen molar-refractivity contribution in [2.24, 2.45) is 5.92 Å². The molecule has 0 radical (unpaired) electrons. The Morgan fingerprint density at radius 1 is 1.13 bits per heavy atom. The van der Waals surface area contributed by atoms with Crippen molar-refractivity contribution in [1.29, 1.82) is 0 Å². The Morgan fingerprint density at radius 3 is 2.35 bits per heavy atom. The number of benzene rings is 1. The standard InChI is InChI=1S/C15H16BrN3O4/c1-9(2)7-18-13(21)14(22)19(15(18)23)8-12(20)17-11-6-4-3-5-10(11)16/h3-6,9H,7-8H2,1-2H3,(H,17,20). The fourth-order valence-corrected chi connectivity index (χ4v) is 2.50. The fourth-order valence-electron chi connectivity index (χ4n) is 2.11. The molecule has 7 nitrogen and oxygen atoms in total. The Labute approximate surface area is 141 Å². The zero-order chi connectivity index (χ0) is 17.1. The maximum atomic E-state index is 12.1. The average Bonchev–Trinajstić information content (AvgIpc) is 2.67. The first-order chi connectivity index (χ1) is 10.8. The number of carbonyl (C=O) groups excluding carboxylic acids is 4. The Hall–Kier alpha value is -2.22. The second-order valence-corrected chi connectivity index (χ2v) is 6.37. The third kappa shape index (κ3) is 3.76. The lowest BCUT2D eigenvalue weighted by atomic mass is 10.2. The van der Waals surface area contributed by atoms with Gasteiger partial charge in [0.2, 0.25) is 5.91 Å². The van der Waals surface area contributed by atoms with E-state index < -0.39 is 30.3 Å². The minimum atomic E-state index is -0.974. The first-order valence-electron chi connectivity index (χ1n) is 7.03. The van der Waals surface area contributed by atoms with Crippen LogP contribution in [-0.2, 0) is 14.4 Å². The summed E-state index contributed by atoms with van der Waals surface area (Å²) < 4.78 is 0.671. The van der Waals surface area contributed by atoms with Crippen LogP contribution in [0.25, 0.3) is 0 Å². The third-order valence-corrected chi connectivity index (χ3v) is 3.82. The Morgan fingerprint density at radius 2 is 1.74 bits per heavy atom. The van der Waals surface area contributed by atoms with Crippen molar-refractivity contribution in [3.63, 3.8) is 0 Å². The monoisotopic (exact) mass is 381 g/mol. The zero-order valence-electron chi connectivity index (χ0n) is 12.7. The summed E-state index contributed by atoms with van der Waals surface area (Å²) in [5, 5.41) is 2.59. The Balaban J connectivity index is 2.06. The smallest absolute Gasteiger partial charge is 0.323 e. The van der Waals surface area contributed by atoms with Gasteiger partial charge in [0.05, 0.1) is 5.69 Å². The molecule has 0 spiro atoms. The summed E-state index contributed by atoms with van der Waals surface area (Å²) in [6, 6.07) is 6.19. The molecule has 0 aliphatic carbocycles. The number of nitrogens with one attached hydrogen (secondary N) is 1. The number of hydrogen-bond donors (Lipinski definition) is 1. The highest BCUT2D eigenvalue weighted by Gasteiger charge is 2.45. The van der Waals surface area contributed by atoms with Crippen LogP contribution >= 0.6 is 15.9 Å². The number of imide groups is 2.